The van der Waals surface area contributed by atoms with Gasteiger partial charge in [-0.2, -0.15) is 0 Å². The third-order valence-corrected chi connectivity index (χ3v) is 3.81. The van der Waals surface area contributed by atoms with Gasteiger partial charge in [0, 0.05) is 18.1 Å². The van der Waals surface area contributed by atoms with Crippen molar-refractivity contribution in [1.82, 2.24) is 10.2 Å². The maximum absolute atomic E-state index is 10.8. The van der Waals surface area contributed by atoms with Crippen molar-refractivity contribution in [2.75, 3.05) is 20.1 Å². The molecule has 4 nitrogen and oxygen atoms in total. The molecule has 0 aromatic carbocycles. The fourth-order valence-corrected chi connectivity index (χ4v) is 3.09. The Labute approximate surface area is 84.3 Å². The molecule has 2 aliphatic heterocycles. The molecule has 14 heavy (non-hydrogen) atoms. The topological polar surface area (TPSA) is 52.6 Å². The molecule has 2 rings (SSSR count). The van der Waals surface area contributed by atoms with Crippen molar-refractivity contribution >= 4 is 5.97 Å². The van der Waals surface area contributed by atoms with Crippen LogP contribution < -0.4 is 5.32 Å². The molecular weight excluding hydrogens is 180 g/mol. The van der Waals surface area contributed by atoms with Crippen molar-refractivity contribution in [2.24, 2.45) is 0 Å². The highest BCUT2D eigenvalue weighted by Gasteiger charge is 2.49. The average Bonchev–Trinajstić information content (AvgIpc) is 2.68. The maximum Gasteiger partial charge on any atom is 0.305 e. The summed E-state index contributed by atoms with van der Waals surface area (Å²) in [4.78, 5) is 13.3. The first kappa shape index (κ1) is 9.93. The van der Waals surface area contributed by atoms with Gasteiger partial charge in [0.25, 0.3) is 0 Å². The molecule has 0 spiro atoms. The van der Waals surface area contributed by atoms with Crippen LogP contribution in [0.4, 0.5) is 0 Å². The zero-order valence-corrected chi connectivity index (χ0v) is 8.62. The first-order chi connectivity index (χ1) is 6.68. The zero-order chi connectivity index (χ0) is 10.2. The monoisotopic (exact) mass is 198 g/mol. The summed E-state index contributed by atoms with van der Waals surface area (Å²) in [6.07, 6.45) is 3.59. The molecule has 4 heteroatoms. The van der Waals surface area contributed by atoms with E-state index < -0.39 is 5.97 Å². The maximum atomic E-state index is 10.8. The minimum Gasteiger partial charge on any atom is -0.481 e. The normalized spacial score (nSPS) is 37.4. The summed E-state index contributed by atoms with van der Waals surface area (Å²) in [5, 5.41) is 12.2. The van der Waals surface area contributed by atoms with Crippen LogP contribution in [0.3, 0.4) is 0 Å². The number of likely N-dealkylation sites (N-methyl/N-ethyl adjacent to an activating group) is 1. The Morgan fingerprint density at radius 2 is 2.43 bits per heavy atom. The molecule has 2 fully saturated rings. The van der Waals surface area contributed by atoms with Crippen molar-refractivity contribution in [3.8, 4) is 0 Å². The Bertz CT molecular complexity index is 244. The van der Waals surface area contributed by atoms with Crippen LogP contribution in [0.15, 0.2) is 0 Å². The van der Waals surface area contributed by atoms with Gasteiger partial charge in [-0.05, 0) is 32.9 Å². The van der Waals surface area contributed by atoms with Gasteiger partial charge in [-0.1, -0.05) is 0 Å². The first-order valence-electron chi connectivity index (χ1n) is 5.33. The number of carbonyl (C=O) groups is 1. The number of nitrogens with zero attached hydrogens (tertiary/aromatic N) is 1. The Balaban J connectivity index is 2.15. The summed E-state index contributed by atoms with van der Waals surface area (Å²) in [5.74, 6) is -0.687. The molecular formula is C10H18N2O2. The largest absolute Gasteiger partial charge is 0.481 e. The molecule has 0 saturated carbocycles. The summed E-state index contributed by atoms with van der Waals surface area (Å²) >= 11 is 0. The Morgan fingerprint density at radius 3 is 3.07 bits per heavy atom. The van der Waals surface area contributed by atoms with Crippen LogP contribution in [-0.4, -0.2) is 47.7 Å². The second-order valence-corrected chi connectivity index (χ2v) is 4.42. The van der Waals surface area contributed by atoms with E-state index in [9.17, 15) is 4.79 Å². The predicted octanol–water partition coefficient (Wildman–Crippen LogP) is 0.287. The van der Waals surface area contributed by atoms with E-state index in [0.29, 0.717) is 6.04 Å². The van der Waals surface area contributed by atoms with E-state index in [2.05, 4.69) is 10.2 Å². The van der Waals surface area contributed by atoms with Crippen LogP contribution in [0.25, 0.3) is 0 Å². The highest BCUT2D eigenvalue weighted by atomic mass is 16.4. The number of aliphatic carboxylic acids is 1. The second kappa shape index (κ2) is 3.51. The Morgan fingerprint density at radius 1 is 1.64 bits per heavy atom. The van der Waals surface area contributed by atoms with Crippen LogP contribution in [-0.2, 0) is 4.79 Å². The smallest absolute Gasteiger partial charge is 0.305 e. The third-order valence-electron chi connectivity index (χ3n) is 3.81. The van der Waals surface area contributed by atoms with Gasteiger partial charge in [0.1, 0.15) is 0 Å². The highest BCUT2D eigenvalue weighted by molar-refractivity contribution is 5.68. The van der Waals surface area contributed by atoms with Crippen LogP contribution in [0.1, 0.15) is 25.7 Å². The molecule has 2 unspecified atom stereocenters. The SMILES string of the molecule is CNC1(CC(=O)O)CCN2CCCC21. The average molecular weight is 198 g/mol. The van der Waals surface area contributed by atoms with Crippen molar-refractivity contribution in [2.45, 2.75) is 37.3 Å². The van der Waals surface area contributed by atoms with Gasteiger partial charge in [0.05, 0.1) is 6.42 Å². The van der Waals surface area contributed by atoms with E-state index in [1.165, 1.54) is 6.42 Å². The lowest BCUT2D eigenvalue weighted by Crippen LogP contribution is -2.52. The molecule has 0 radical (unpaired) electrons. The quantitative estimate of drug-likeness (QED) is 0.684. The zero-order valence-electron chi connectivity index (χ0n) is 8.62. The van der Waals surface area contributed by atoms with E-state index >= 15 is 0 Å². The van der Waals surface area contributed by atoms with Gasteiger partial charge >= 0.3 is 5.97 Å². The summed E-state index contributed by atoms with van der Waals surface area (Å²) in [6, 6.07) is 0.448. The standard InChI is InChI=1S/C10H18N2O2/c1-11-10(7-9(13)14)4-6-12-5-2-3-8(10)12/h8,11H,2-7H2,1H3,(H,13,14). The van der Waals surface area contributed by atoms with Gasteiger partial charge in [-0.25, -0.2) is 0 Å². The fourth-order valence-electron chi connectivity index (χ4n) is 3.09. The van der Waals surface area contributed by atoms with Crippen LogP contribution in [0.2, 0.25) is 0 Å². The summed E-state index contributed by atoms with van der Waals surface area (Å²) in [5.41, 5.74) is -0.164. The molecule has 2 heterocycles. The lowest BCUT2D eigenvalue weighted by atomic mass is 9.85. The van der Waals surface area contributed by atoms with Gasteiger partial charge in [0.15, 0.2) is 0 Å². The summed E-state index contributed by atoms with van der Waals surface area (Å²) in [6.45, 7) is 2.20. The molecule has 0 aliphatic carbocycles. The molecule has 2 N–H and O–H groups in total. The van der Waals surface area contributed by atoms with Crippen molar-refractivity contribution < 1.29 is 9.90 Å². The van der Waals surface area contributed by atoms with E-state index in [0.717, 1.165) is 25.9 Å². The van der Waals surface area contributed by atoms with E-state index in [-0.39, 0.29) is 12.0 Å². The number of hydrogen-bond donors (Lipinski definition) is 2. The number of carboxylic acid groups (broad SMARTS) is 1. The molecule has 0 aromatic heterocycles. The summed E-state index contributed by atoms with van der Waals surface area (Å²) < 4.78 is 0. The molecule has 0 amide bonds. The second-order valence-electron chi connectivity index (χ2n) is 4.42. The number of carboxylic acids is 1. The van der Waals surface area contributed by atoms with Crippen LogP contribution in [0.5, 0.6) is 0 Å². The Kier molecular flexibility index (Phi) is 2.49. The molecule has 0 bridgehead atoms. The number of fused-ring (bicyclic) bond motifs is 1. The van der Waals surface area contributed by atoms with Crippen molar-refractivity contribution in [1.29, 1.82) is 0 Å². The van der Waals surface area contributed by atoms with Gasteiger partial charge in [-0.15, -0.1) is 0 Å². The lowest BCUT2D eigenvalue weighted by molar-refractivity contribution is -0.139. The fraction of sp³-hybridized carbons (Fsp3) is 0.900. The molecule has 2 aliphatic rings. The minimum atomic E-state index is -0.687. The van der Waals surface area contributed by atoms with Crippen LogP contribution >= 0.6 is 0 Å². The first-order valence-corrected chi connectivity index (χ1v) is 5.33. The number of hydrogen-bond acceptors (Lipinski definition) is 3. The predicted molar refractivity (Wildman–Crippen MR) is 53.3 cm³/mol. The molecule has 2 atom stereocenters. The highest BCUT2D eigenvalue weighted by Crippen LogP contribution is 2.37. The van der Waals surface area contributed by atoms with Crippen LogP contribution in [0, 0.1) is 0 Å². The van der Waals surface area contributed by atoms with Gasteiger partial charge < -0.3 is 10.4 Å². The molecule has 2 saturated heterocycles. The van der Waals surface area contributed by atoms with E-state index in [1.807, 2.05) is 7.05 Å². The van der Waals surface area contributed by atoms with E-state index in [1.54, 1.807) is 0 Å². The number of nitrogens with one attached hydrogen (secondary N) is 1. The molecule has 80 valence electrons. The van der Waals surface area contributed by atoms with Crippen molar-refractivity contribution in [3.05, 3.63) is 0 Å². The lowest BCUT2D eigenvalue weighted by Gasteiger charge is -2.33. The summed E-state index contributed by atoms with van der Waals surface area (Å²) in [7, 11) is 1.89. The minimum absolute atomic E-state index is 0.164. The number of rotatable bonds is 3. The Hall–Kier alpha value is -0.610. The van der Waals surface area contributed by atoms with Gasteiger partial charge in [-0.3, -0.25) is 9.69 Å². The van der Waals surface area contributed by atoms with Gasteiger partial charge in [0.2, 0.25) is 0 Å². The third kappa shape index (κ3) is 1.42. The molecule has 0 aromatic rings. The van der Waals surface area contributed by atoms with Crippen molar-refractivity contribution in [3.63, 3.8) is 0 Å². The van der Waals surface area contributed by atoms with E-state index in [4.69, 9.17) is 5.11 Å².